The lowest BCUT2D eigenvalue weighted by atomic mass is 10.3. The van der Waals surface area contributed by atoms with E-state index in [0.717, 1.165) is 4.90 Å². The molecule has 0 aliphatic rings. The standard InChI is InChI=1S/C8H9ClN2OS/c9-5-2-1-3-6(8(5)11)13-4-7(10)12/h1-3H,4,11H2,(H2,10,12). The van der Waals surface area contributed by atoms with Crippen LogP contribution in [-0.4, -0.2) is 11.7 Å². The Morgan fingerprint density at radius 2 is 2.23 bits per heavy atom. The molecule has 0 radical (unpaired) electrons. The van der Waals surface area contributed by atoms with E-state index in [9.17, 15) is 4.79 Å². The zero-order valence-electron chi connectivity index (χ0n) is 6.79. The van der Waals surface area contributed by atoms with E-state index in [4.69, 9.17) is 23.1 Å². The van der Waals surface area contributed by atoms with Crippen molar-refractivity contribution in [3.05, 3.63) is 23.2 Å². The average Bonchev–Trinajstić information content (AvgIpc) is 2.07. The Morgan fingerprint density at radius 3 is 2.85 bits per heavy atom. The van der Waals surface area contributed by atoms with E-state index in [-0.39, 0.29) is 11.7 Å². The summed E-state index contributed by atoms with van der Waals surface area (Å²) < 4.78 is 0. The molecule has 0 aliphatic heterocycles. The molecule has 0 aromatic heterocycles. The lowest BCUT2D eigenvalue weighted by molar-refractivity contribution is -0.115. The summed E-state index contributed by atoms with van der Waals surface area (Å²) in [6.07, 6.45) is 0. The zero-order valence-corrected chi connectivity index (χ0v) is 8.36. The van der Waals surface area contributed by atoms with Gasteiger partial charge >= 0.3 is 0 Å². The summed E-state index contributed by atoms with van der Waals surface area (Å²) in [6.45, 7) is 0. The first kappa shape index (κ1) is 10.2. The molecule has 0 heterocycles. The molecule has 0 spiro atoms. The van der Waals surface area contributed by atoms with Gasteiger partial charge in [-0.05, 0) is 12.1 Å². The molecule has 3 nitrogen and oxygen atoms in total. The molecule has 0 unspecified atom stereocenters. The Kier molecular flexibility index (Phi) is 3.45. The van der Waals surface area contributed by atoms with Gasteiger partial charge in [-0.1, -0.05) is 17.7 Å². The molecule has 1 aromatic rings. The van der Waals surface area contributed by atoms with Gasteiger partial charge in [-0.3, -0.25) is 4.79 Å². The van der Waals surface area contributed by atoms with E-state index in [0.29, 0.717) is 10.7 Å². The second kappa shape index (κ2) is 4.39. The van der Waals surface area contributed by atoms with Crippen LogP contribution in [0.1, 0.15) is 0 Å². The van der Waals surface area contributed by atoms with Crippen LogP contribution in [0.25, 0.3) is 0 Å². The van der Waals surface area contributed by atoms with Crippen LogP contribution in [0, 0.1) is 0 Å². The molecule has 13 heavy (non-hydrogen) atoms. The highest BCUT2D eigenvalue weighted by molar-refractivity contribution is 8.00. The summed E-state index contributed by atoms with van der Waals surface area (Å²) in [7, 11) is 0. The molecule has 4 N–H and O–H groups in total. The van der Waals surface area contributed by atoms with Crippen molar-refractivity contribution in [3.8, 4) is 0 Å². The van der Waals surface area contributed by atoms with Gasteiger partial charge in [-0.15, -0.1) is 11.8 Å². The smallest absolute Gasteiger partial charge is 0.227 e. The van der Waals surface area contributed by atoms with E-state index < -0.39 is 0 Å². The first-order valence-electron chi connectivity index (χ1n) is 3.56. The van der Waals surface area contributed by atoms with Crippen molar-refractivity contribution >= 4 is 35.0 Å². The van der Waals surface area contributed by atoms with Gasteiger partial charge in [0.15, 0.2) is 0 Å². The number of nitrogens with two attached hydrogens (primary N) is 2. The number of thioether (sulfide) groups is 1. The Balaban J connectivity index is 2.77. The van der Waals surface area contributed by atoms with E-state index in [1.807, 2.05) is 0 Å². The van der Waals surface area contributed by atoms with E-state index in [1.54, 1.807) is 18.2 Å². The third kappa shape index (κ3) is 2.82. The number of para-hydroxylation sites is 1. The highest BCUT2D eigenvalue weighted by Gasteiger charge is 2.04. The molecule has 1 rings (SSSR count). The summed E-state index contributed by atoms with van der Waals surface area (Å²) in [5.41, 5.74) is 11.2. The number of benzene rings is 1. The number of carbonyl (C=O) groups is 1. The number of nitrogen functional groups attached to an aromatic ring is 1. The van der Waals surface area contributed by atoms with Gasteiger partial charge in [0.25, 0.3) is 0 Å². The number of hydrogen-bond donors (Lipinski definition) is 2. The number of carbonyl (C=O) groups excluding carboxylic acids is 1. The maximum atomic E-state index is 10.5. The number of anilines is 1. The van der Waals surface area contributed by atoms with Gasteiger partial charge < -0.3 is 11.5 Å². The third-order valence-corrected chi connectivity index (χ3v) is 2.81. The van der Waals surface area contributed by atoms with Crippen LogP contribution in [0.5, 0.6) is 0 Å². The molecule has 0 saturated carbocycles. The van der Waals surface area contributed by atoms with Crippen molar-refractivity contribution in [2.45, 2.75) is 4.90 Å². The third-order valence-electron chi connectivity index (χ3n) is 1.38. The maximum Gasteiger partial charge on any atom is 0.227 e. The second-order valence-electron chi connectivity index (χ2n) is 2.41. The van der Waals surface area contributed by atoms with Crippen molar-refractivity contribution in [2.75, 3.05) is 11.5 Å². The van der Waals surface area contributed by atoms with Crippen LogP contribution < -0.4 is 11.5 Å². The average molecular weight is 217 g/mol. The lowest BCUT2D eigenvalue weighted by Crippen LogP contribution is -2.13. The molecular formula is C8H9ClN2OS. The van der Waals surface area contributed by atoms with Crippen molar-refractivity contribution < 1.29 is 4.79 Å². The zero-order chi connectivity index (χ0) is 9.84. The van der Waals surface area contributed by atoms with Gasteiger partial charge in [0, 0.05) is 4.90 Å². The highest BCUT2D eigenvalue weighted by atomic mass is 35.5. The molecule has 0 saturated heterocycles. The normalized spacial score (nSPS) is 9.92. The molecule has 0 aliphatic carbocycles. The van der Waals surface area contributed by atoms with Crippen molar-refractivity contribution in [3.63, 3.8) is 0 Å². The number of halogens is 1. The summed E-state index contributed by atoms with van der Waals surface area (Å²) in [5.74, 6) is -0.158. The quantitative estimate of drug-likeness (QED) is 0.594. The largest absolute Gasteiger partial charge is 0.397 e. The Labute approximate surface area is 85.4 Å². The van der Waals surface area contributed by atoms with Crippen LogP contribution in [0.15, 0.2) is 23.1 Å². The van der Waals surface area contributed by atoms with Crippen LogP contribution in [0.4, 0.5) is 5.69 Å². The van der Waals surface area contributed by atoms with E-state index in [2.05, 4.69) is 0 Å². The minimum absolute atomic E-state index is 0.213. The van der Waals surface area contributed by atoms with Gasteiger partial charge in [0.1, 0.15) is 0 Å². The monoisotopic (exact) mass is 216 g/mol. The summed E-state index contributed by atoms with van der Waals surface area (Å²) in [4.78, 5) is 11.3. The van der Waals surface area contributed by atoms with Gasteiger partial charge in [-0.25, -0.2) is 0 Å². The number of amides is 1. The fraction of sp³-hybridized carbons (Fsp3) is 0.125. The molecule has 1 aromatic carbocycles. The van der Waals surface area contributed by atoms with Crippen molar-refractivity contribution in [2.24, 2.45) is 5.73 Å². The number of hydrogen-bond acceptors (Lipinski definition) is 3. The predicted molar refractivity (Wildman–Crippen MR) is 55.8 cm³/mol. The molecule has 0 atom stereocenters. The SMILES string of the molecule is NC(=O)CSc1cccc(Cl)c1N. The fourth-order valence-corrected chi connectivity index (χ4v) is 1.76. The second-order valence-corrected chi connectivity index (χ2v) is 3.83. The fourth-order valence-electron chi connectivity index (χ4n) is 0.792. The van der Waals surface area contributed by atoms with Crippen LogP contribution in [0.3, 0.4) is 0 Å². The molecule has 0 bridgehead atoms. The summed E-state index contributed by atoms with van der Waals surface area (Å²) in [6, 6.07) is 5.28. The Hall–Kier alpha value is -0.870. The van der Waals surface area contributed by atoms with Crippen LogP contribution >= 0.6 is 23.4 Å². The summed E-state index contributed by atoms with van der Waals surface area (Å²) in [5, 5.41) is 0.495. The van der Waals surface area contributed by atoms with E-state index >= 15 is 0 Å². The van der Waals surface area contributed by atoms with Gasteiger partial charge in [-0.2, -0.15) is 0 Å². The number of rotatable bonds is 3. The van der Waals surface area contributed by atoms with Gasteiger partial charge in [0.05, 0.1) is 16.5 Å². The Bertz CT molecular complexity index is 330. The number of primary amides is 1. The lowest BCUT2D eigenvalue weighted by Gasteiger charge is -2.04. The topological polar surface area (TPSA) is 69.1 Å². The molecule has 5 heteroatoms. The highest BCUT2D eigenvalue weighted by Crippen LogP contribution is 2.30. The van der Waals surface area contributed by atoms with Crippen molar-refractivity contribution in [1.29, 1.82) is 0 Å². The van der Waals surface area contributed by atoms with Crippen molar-refractivity contribution in [1.82, 2.24) is 0 Å². The predicted octanol–water partition coefficient (Wildman–Crippen LogP) is 1.50. The van der Waals surface area contributed by atoms with Crippen LogP contribution in [-0.2, 0) is 4.79 Å². The van der Waals surface area contributed by atoms with Crippen LogP contribution in [0.2, 0.25) is 5.02 Å². The maximum absolute atomic E-state index is 10.5. The minimum atomic E-state index is -0.371. The molecule has 70 valence electrons. The first-order chi connectivity index (χ1) is 6.11. The van der Waals surface area contributed by atoms with E-state index in [1.165, 1.54) is 11.8 Å². The summed E-state index contributed by atoms with van der Waals surface area (Å²) >= 11 is 7.06. The molecule has 1 amide bonds. The molecular weight excluding hydrogens is 208 g/mol. The molecule has 0 fully saturated rings. The minimum Gasteiger partial charge on any atom is -0.397 e. The van der Waals surface area contributed by atoms with Gasteiger partial charge in [0.2, 0.25) is 5.91 Å². The first-order valence-corrected chi connectivity index (χ1v) is 4.92. The Morgan fingerprint density at radius 1 is 1.54 bits per heavy atom.